The maximum absolute atomic E-state index is 13.3. The number of imidazole rings is 1. The van der Waals surface area contributed by atoms with E-state index in [1.807, 2.05) is 38.1 Å². The van der Waals surface area contributed by atoms with Gasteiger partial charge >= 0.3 is 0 Å². The van der Waals surface area contributed by atoms with Crippen molar-refractivity contribution in [1.82, 2.24) is 14.5 Å². The molecule has 0 spiro atoms. The number of aryl methyl sites for hydroxylation is 1. The molecule has 1 aliphatic rings. The Morgan fingerprint density at radius 2 is 1.67 bits per heavy atom. The molecule has 1 aromatic heterocycles. The Kier molecular flexibility index (Phi) is 6.01. The van der Waals surface area contributed by atoms with E-state index in [4.69, 9.17) is 9.72 Å². The van der Waals surface area contributed by atoms with E-state index in [9.17, 15) is 14.4 Å². The Balaban J connectivity index is 1.38. The van der Waals surface area contributed by atoms with Crippen LogP contribution in [0.3, 0.4) is 0 Å². The number of hydrogen-bond acceptors (Lipinski definition) is 5. The van der Waals surface area contributed by atoms with Crippen molar-refractivity contribution < 1.29 is 19.1 Å². The van der Waals surface area contributed by atoms with Crippen LogP contribution in [0.1, 0.15) is 50.7 Å². The van der Waals surface area contributed by atoms with Gasteiger partial charge in [-0.25, -0.2) is 9.88 Å². The minimum atomic E-state index is -0.454. The van der Waals surface area contributed by atoms with E-state index in [0.29, 0.717) is 30.2 Å². The lowest BCUT2D eigenvalue weighted by Gasteiger charge is -2.18. The molecule has 0 saturated carbocycles. The summed E-state index contributed by atoms with van der Waals surface area (Å²) in [4.78, 5) is 46.8. The minimum absolute atomic E-state index is 0.217. The van der Waals surface area contributed by atoms with Crippen LogP contribution in [0.5, 0.6) is 5.75 Å². The molecule has 36 heavy (non-hydrogen) atoms. The molecule has 2 heterocycles. The molecule has 3 amide bonds. The van der Waals surface area contributed by atoms with E-state index in [1.54, 1.807) is 48.3 Å². The third kappa shape index (κ3) is 3.90. The summed E-state index contributed by atoms with van der Waals surface area (Å²) in [7, 11) is 1.70. The quantitative estimate of drug-likeness (QED) is 0.362. The Labute approximate surface area is 208 Å². The molecule has 0 atom stereocenters. The summed E-state index contributed by atoms with van der Waals surface area (Å²) in [5, 5.41) is 0. The van der Waals surface area contributed by atoms with Crippen LogP contribution < -0.4 is 9.64 Å². The molecule has 1 aliphatic heterocycles. The predicted molar refractivity (Wildman–Crippen MR) is 136 cm³/mol. The summed E-state index contributed by atoms with van der Waals surface area (Å²) < 4.78 is 7.52. The Hall–Kier alpha value is -4.46. The van der Waals surface area contributed by atoms with Gasteiger partial charge in [0.1, 0.15) is 11.6 Å². The number of amides is 3. The molecule has 8 heteroatoms. The molecular weight excluding hydrogens is 456 g/mol. The zero-order chi connectivity index (χ0) is 25.4. The second kappa shape index (κ2) is 9.30. The number of ether oxygens (including phenoxy) is 1. The minimum Gasteiger partial charge on any atom is -0.494 e. The van der Waals surface area contributed by atoms with E-state index in [0.717, 1.165) is 28.3 Å². The topological polar surface area (TPSA) is 84.7 Å². The van der Waals surface area contributed by atoms with Crippen molar-refractivity contribution in [3.63, 3.8) is 0 Å². The molecule has 0 radical (unpaired) electrons. The van der Waals surface area contributed by atoms with Crippen molar-refractivity contribution in [2.24, 2.45) is 0 Å². The molecule has 0 fully saturated rings. The number of rotatable bonds is 7. The van der Waals surface area contributed by atoms with Gasteiger partial charge < -0.3 is 14.2 Å². The largest absolute Gasteiger partial charge is 0.494 e. The average molecular weight is 483 g/mol. The number of benzene rings is 3. The zero-order valence-corrected chi connectivity index (χ0v) is 20.4. The van der Waals surface area contributed by atoms with Crippen LogP contribution in [-0.4, -0.2) is 45.8 Å². The monoisotopic (exact) mass is 482 g/mol. The first-order chi connectivity index (χ1) is 17.4. The fourth-order valence-electron chi connectivity index (χ4n) is 4.57. The number of fused-ring (bicyclic) bond motifs is 2. The van der Waals surface area contributed by atoms with E-state index in [2.05, 4.69) is 4.57 Å². The van der Waals surface area contributed by atoms with Gasteiger partial charge in [0, 0.05) is 19.2 Å². The van der Waals surface area contributed by atoms with Crippen LogP contribution in [0, 0.1) is 0 Å². The summed E-state index contributed by atoms with van der Waals surface area (Å²) in [5.41, 5.74) is 3.19. The highest BCUT2D eigenvalue weighted by molar-refractivity contribution is 6.34. The summed E-state index contributed by atoms with van der Waals surface area (Å²) in [5.74, 6) is 0.314. The smallest absolute Gasteiger partial charge is 0.266 e. The SMILES string of the molecule is CCOc1ccc(N2C(=O)c3ccc(C(=O)N(C)Cc4nc5ccccc5n4CC)cc3C2=O)cc1. The first-order valence-corrected chi connectivity index (χ1v) is 11.9. The Morgan fingerprint density at radius 1 is 0.944 bits per heavy atom. The maximum atomic E-state index is 13.3. The van der Waals surface area contributed by atoms with Gasteiger partial charge in [-0.15, -0.1) is 0 Å². The molecule has 0 N–H and O–H groups in total. The van der Waals surface area contributed by atoms with Crippen molar-refractivity contribution in [3.05, 3.63) is 89.2 Å². The maximum Gasteiger partial charge on any atom is 0.266 e. The van der Waals surface area contributed by atoms with Crippen LogP contribution in [0.2, 0.25) is 0 Å². The number of para-hydroxylation sites is 2. The molecule has 8 nitrogen and oxygen atoms in total. The first kappa shape index (κ1) is 23.3. The number of carbonyl (C=O) groups excluding carboxylic acids is 3. The molecule has 3 aromatic carbocycles. The second-order valence-corrected chi connectivity index (χ2v) is 8.56. The van der Waals surface area contributed by atoms with E-state index < -0.39 is 11.8 Å². The number of anilines is 1. The number of hydrogen-bond donors (Lipinski definition) is 0. The van der Waals surface area contributed by atoms with Gasteiger partial charge in [0.25, 0.3) is 17.7 Å². The summed E-state index contributed by atoms with van der Waals surface area (Å²) in [6.07, 6.45) is 0. The van der Waals surface area contributed by atoms with Crippen molar-refractivity contribution >= 4 is 34.4 Å². The molecule has 0 saturated heterocycles. The second-order valence-electron chi connectivity index (χ2n) is 8.56. The zero-order valence-electron chi connectivity index (χ0n) is 20.4. The normalized spacial score (nSPS) is 12.8. The van der Waals surface area contributed by atoms with Crippen molar-refractivity contribution in [2.75, 3.05) is 18.6 Å². The lowest BCUT2D eigenvalue weighted by Crippen LogP contribution is -2.29. The summed E-state index contributed by atoms with van der Waals surface area (Å²) in [6.45, 7) is 5.49. The van der Waals surface area contributed by atoms with Crippen LogP contribution in [0.25, 0.3) is 11.0 Å². The summed E-state index contributed by atoms with van der Waals surface area (Å²) in [6, 6.07) is 19.3. The van der Waals surface area contributed by atoms with Gasteiger partial charge in [-0.3, -0.25) is 14.4 Å². The highest BCUT2D eigenvalue weighted by Crippen LogP contribution is 2.30. The molecular formula is C28H26N4O4. The van der Waals surface area contributed by atoms with Crippen molar-refractivity contribution in [1.29, 1.82) is 0 Å². The van der Waals surface area contributed by atoms with E-state index in [-0.39, 0.29) is 17.0 Å². The van der Waals surface area contributed by atoms with Gasteiger partial charge in [0.15, 0.2) is 0 Å². The molecule has 5 rings (SSSR count). The predicted octanol–water partition coefficient (Wildman–Crippen LogP) is 4.53. The number of aromatic nitrogens is 2. The lowest BCUT2D eigenvalue weighted by molar-refractivity contribution is 0.0779. The van der Waals surface area contributed by atoms with Crippen LogP contribution in [0.4, 0.5) is 5.69 Å². The van der Waals surface area contributed by atoms with Crippen LogP contribution >= 0.6 is 0 Å². The molecule has 0 bridgehead atoms. The molecule has 4 aromatic rings. The number of nitrogens with zero attached hydrogens (tertiary/aromatic N) is 4. The third-order valence-electron chi connectivity index (χ3n) is 6.31. The van der Waals surface area contributed by atoms with Crippen molar-refractivity contribution in [3.8, 4) is 5.75 Å². The van der Waals surface area contributed by atoms with E-state index in [1.165, 1.54) is 6.07 Å². The number of carbonyl (C=O) groups is 3. The number of imide groups is 1. The first-order valence-electron chi connectivity index (χ1n) is 11.9. The Bertz CT molecular complexity index is 1490. The highest BCUT2D eigenvalue weighted by Gasteiger charge is 2.37. The van der Waals surface area contributed by atoms with Gasteiger partial charge in [0.05, 0.1) is 41.0 Å². The highest BCUT2D eigenvalue weighted by atomic mass is 16.5. The fraction of sp³-hybridized carbons (Fsp3) is 0.214. The van der Waals surface area contributed by atoms with Crippen LogP contribution in [0.15, 0.2) is 66.7 Å². The van der Waals surface area contributed by atoms with Gasteiger partial charge in [-0.05, 0) is 68.4 Å². The van der Waals surface area contributed by atoms with Crippen LogP contribution in [-0.2, 0) is 13.1 Å². The average Bonchev–Trinajstić information content (AvgIpc) is 3.37. The van der Waals surface area contributed by atoms with E-state index >= 15 is 0 Å². The fourth-order valence-corrected chi connectivity index (χ4v) is 4.57. The van der Waals surface area contributed by atoms with Gasteiger partial charge in [-0.1, -0.05) is 12.1 Å². The Morgan fingerprint density at radius 3 is 2.39 bits per heavy atom. The molecule has 0 aliphatic carbocycles. The third-order valence-corrected chi connectivity index (χ3v) is 6.31. The molecule has 0 unspecified atom stereocenters. The van der Waals surface area contributed by atoms with Crippen molar-refractivity contribution in [2.45, 2.75) is 26.9 Å². The van der Waals surface area contributed by atoms with Gasteiger partial charge in [-0.2, -0.15) is 0 Å². The summed E-state index contributed by atoms with van der Waals surface area (Å²) >= 11 is 0. The lowest BCUT2D eigenvalue weighted by atomic mass is 10.0. The van der Waals surface area contributed by atoms with Gasteiger partial charge in [0.2, 0.25) is 0 Å². The molecule has 182 valence electrons. The standard InChI is InChI=1S/C28H26N4O4/c1-4-31-24-9-7-6-8-23(24)29-25(31)17-30(3)26(33)18-10-15-21-22(16-18)28(35)32(27(21)34)19-11-13-20(14-12-19)36-5-2/h6-16H,4-5,17H2,1-3H3.